The number of hydrogen-bond donors (Lipinski definition) is 4. The zero-order chi connectivity index (χ0) is 21.3. The van der Waals surface area contributed by atoms with Crippen molar-refractivity contribution in [2.75, 3.05) is 19.8 Å². The lowest BCUT2D eigenvalue weighted by molar-refractivity contribution is 0.105. The molecule has 3 heterocycles. The molecule has 0 aliphatic rings. The molecule has 1 aromatic carbocycles. The van der Waals surface area contributed by atoms with Crippen molar-refractivity contribution < 1.29 is 29.0 Å². The quantitative estimate of drug-likeness (QED) is 0.352. The van der Waals surface area contributed by atoms with Crippen LogP contribution in [0.2, 0.25) is 0 Å². The minimum atomic E-state index is -1.41. The first-order chi connectivity index (χ1) is 14.5. The lowest BCUT2D eigenvalue weighted by Crippen LogP contribution is -2.43. The van der Waals surface area contributed by atoms with Gasteiger partial charge in [-0.2, -0.15) is 4.98 Å². The van der Waals surface area contributed by atoms with Crippen LogP contribution in [0.15, 0.2) is 45.5 Å². The van der Waals surface area contributed by atoms with Gasteiger partial charge in [-0.25, -0.2) is 4.98 Å². The second-order valence-corrected chi connectivity index (χ2v) is 6.74. The molecule has 4 aromatic rings. The molecule has 10 heteroatoms. The molecule has 0 bridgehead atoms. The molecular formula is C20H20N4O6. The van der Waals surface area contributed by atoms with Gasteiger partial charge in [-0.3, -0.25) is 0 Å². The van der Waals surface area contributed by atoms with Crippen LogP contribution in [0.5, 0.6) is 11.5 Å². The van der Waals surface area contributed by atoms with Gasteiger partial charge in [0, 0.05) is 22.7 Å². The molecule has 5 N–H and O–H groups in total. The Morgan fingerprint density at radius 1 is 1.13 bits per heavy atom. The Bertz CT molecular complexity index is 1180. The summed E-state index contributed by atoms with van der Waals surface area (Å²) in [6, 6.07) is 8.09. The number of benzene rings is 1. The van der Waals surface area contributed by atoms with Crippen LogP contribution in [-0.2, 0) is 5.54 Å². The van der Waals surface area contributed by atoms with E-state index >= 15 is 0 Å². The number of ether oxygens (including phenoxy) is 1. The SMILES string of the molecule is CCOc1cc(-c2nc(-c3cnc4oc(C(N)(CO)CO)cc4c3)no2)ccc1O. The van der Waals surface area contributed by atoms with Crippen molar-refractivity contribution in [2.45, 2.75) is 12.5 Å². The zero-order valence-electron chi connectivity index (χ0n) is 16.1. The number of aromatic hydroxyl groups is 1. The average molecular weight is 412 g/mol. The summed E-state index contributed by atoms with van der Waals surface area (Å²) in [5.41, 5.74) is 6.01. The van der Waals surface area contributed by atoms with E-state index in [1.807, 2.05) is 6.92 Å². The number of fused-ring (bicyclic) bond motifs is 1. The molecule has 0 saturated heterocycles. The highest BCUT2D eigenvalue weighted by Crippen LogP contribution is 2.32. The van der Waals surface area contributed by atoms with E-state index in [1.165, 1.54) is 12.3 Å². The second kappa shape index (κ2) is 7.75. The third-order valence-electron chi connectivity index (χ3n) is 4.62. The van der Waals surface area contributed by atoms with Gasteiger partial charge in [0.1, 0.15) is 11.3 Å². The minimum Gasteiger partial charge on any atom is -0.504 e. The number of nitrogens with two attached hydrogens (primary N) is 1. The molecule has 0 aliphatic carbocycles. The fourth-order valence-corrected chi connectivity index (χ4v) is 2.88. The van der Waals surface area contributed by atoms with Crippen molar-refractivity contribution in [1.82, 2.24) is 15.1 Å². The lowest BCUT2D eigenvalue weighted by Gasteiger charge is -2.21. The second-order valence-electron chi connectivity index (χ2n) is 6.74. The van der Waals surface area contributed by atoms with Gasteiger partial charge in [-0.05, 0) is 37.3 Å². The van der Waals surface area contributed by atoms with Crippen LogP contribution >= 0.6 is 0 Å². The number of pyridine rings is 1. The fraction of sp³-hybridized carbons (Fsp3) is 0.250. The van der Waals surface area contributed by atoms with Gasteiger partial charge in [0.25, 0.3) is 5.89 Å². The lowest BCUT2D eigenvalue weighted by atomic mass is 10.00. The number of phenols is 1. The summed E-state index contributed by atoms with van der Waals surface area (Å²) >= 11 is 0. The van der Waals surface area contributed by atoms with Gasteiger partial charge in [0.15, 0.2) is 11.5 Å². The smallest absolute Gasteiger partial charge is 0.258 e. The number of furan rings is 1. The van der Waals surface area contributed by atoms with Crippen LogP contribution in [0.25, 0.3) is 33.9 Å². The molecule has 0 atom stereocenters. The molecule has 0 amide bonds. The van der Waals surface area contributed by atoms with Gasteiger partial charge < -0.3 is 34.7 Å². The first kappa shape index (κ1) is 19.8. The van der Waals surface area contributed by atoms with E-state index in [4.69, 9.17) is 19.4 Å². The highest BCUT2D eigenvalue weighted by atomic mass is 16.5. The van der Waals surface area contributed by atoms with E-state index < -0.39 is 18.8 Å². The minimum absolute atomic E-state index is 0.0208. The maximum atomic E-state index is 9.84. The highest BCUT2D eigenvalue weighted by Gasteiger charge is 2.30. The summed E-state index contributed by atoms with van der Waals surface area (Å²) in [7, 11) is 0. The summed E-state index contributed by atoms with van der Waals surface area (Å²) in [5.74, 6) is 1.11. The number of hydrogen-bond acceptors (Lipinski definition) is 10. The summed E-state index contributed by atoms with van der Waals surface area (Å²) in [4.78, 5) is 8.62. The Morgan fingerprint density at radius 3 is 2.67 bits per heavy atom. The molecule has 0 unspecified atom stereocenters. The Kier molecular flexibility index (Phi) is 5.12. The Hall–Kier alpha value is -3.47. The molecule has 10 nitrogen and oxygen atoms in total. The molecule has 0 aliphatic heterocycles. The molecule has 0 fully saturated rings. The van der Waals surface area contributed by atoms with E-state index in [1.54, 1.807) is 24.3 Å². The van der Waals surface area contributed by atoms with E-state index in [0.717, 1.165) is 0 Å². The molecule has 30 heavy (non-hydrogen) atoms. The predicted molar refractivity (Wildman–Crippen MR) is 106 cm³/mol. The van der Waals surface area contributed by atoms with E-state index in [-0.39, 0.29) is 17.4 Å². The van der Waals surface area contributed by atoms with Crippen LogP contribution in [0, 0.1) is 0 Å². The first-order valence-corrected chi connectivity index (χ1v) is 9.18. The predicted octanol–water partition coefficient (Wildman–Crippen LogP) is 1.79. The molecule has 156 valence electrons. The third kappa shape index (κ3) is 3.47. The van der Waals surface area contributed by atoms with Crippen molar-refractivity contribution in [1.29, 1.82) is 0 Å². The maximum absolute atomic E-state index is 9.84. The van der Waals surface area contributed by atoms with Gasteiger partial charge >= 0.3 is 0 Å². The summed E-state index contributed by atoms with van der Waals surface area (Å²) < 4.78 is 16.3. The van der Waals surface area contributed by atoms with Crippen LogP contribution in [0.1, 0.15) is 12.7 Å². The van der Waals surface area contributed by atoms with Crippen molar-refractivity contribution in [3.8, 4) is 34.3 Å². The Morgan fingerprint density at radius 2 is 1.93 bits per heavy atom. The number of phenolic OH excluding ortho intramolecular Hbond substituents is 1. The summed E-state index contributed by atoms with van der Waals surface area (Å²) in [6.07, 6.45) is 1.52. The van der Waals surface area contributed by atoms with E-state index in [9.17, 15) is 15.3 Å². The van der Waals surface area contributed by atoms with Gasteiger partial charge in [-0.15, -0.1) is 0 Å². The van der Waals surface area contributed by atoms with Crippen molar-refractivity contribution >= 4 is 11.1 Å². The summed E-state index contributed by atoms with van der Waals surface area (Å²) in [5, 5.41) is 33.3. The molecule has 3 aromatic heterocycles. The van der Waals surface area contributed by atoms with Gasteiger partial charge in [0.05, 0.1) is 19.8 Å². The standard InChI is InChI=1S/C20H20N4O6/c1-2-28-15-6-11(3-4-14(15)27)19-23-17(24-30-19)13-5-12-7-16(20(21,9-25)10-26)29-18(12)22-8-13/h3-8,25-27H,2,9-10,21H2,1H3. The number of rotatable bonds is 7. The molecule has 0 spiro atoms. The Balaban J connectivity index is 1.67. The third-order valence-corrected chi connectivity index (χ3v) is 4.62. The highest BCUT2D eigenvalue weighted by molar-refractivity contribution is 5.79. The normalized spacial score (nSPS) is 11.9. The molecule has 4 rings (SSSR count). The van der Waals surface area contributed by atoms with Crippen LogP contribution in [0.4, 0.5) is 0 Å². The zero-order valence-corrected chi connectivity index (χ0v) is 16.1. The van der Waals surface area contributed by atoms with E-state index in [0.29, 0.717) is 40.4 Å². The van der Waals surface area contributed by atoms with E-state index in [2.05, 4.69) is 15.1 Å². The number of aliphatic hydroxyl groups is 2. The van der Waals surface area contributed by atoms with Crippen molar-refractivity contribution in [3.63, 3.8) is 0 Å². The maximum Gasteiger partial charge on any atom is 0.258 e. The van der Waals surface area contributed by atoms with Gasteiger partial charge in [-0.1, -0.05) is 5.16 Å². The number of aliphatic hydroxyl groups excluding tert-OH is 2. The molecule has 0 saturated carbocycles. The van der Waals surface area contributed by atoms with Crippen LogP contribution < -0.4 is 10.5 Å². The topological polar surface area (TPSA) is 161 Å². The number of aromatic nitrogens is 3. The van der Waals surface area contributed by atoms with Crippen LogP contribution in [-0.4, -0.2) is 50.3 Å². The Labute approximate surface area is 170 Å². The summed E-state index contributed by atoms with van der Waals surface area (Å²) in [6.45, 7) is 1.25. The van der Waals surface area contributed by atoms with Gasteiger partial charge in [0.2, 0.25) is 11.5 Å². The van der Waals surface area contributed by atoms with Crippen molar-refractivity contribution in [2.24, 2.45) is 5.73 Å². The molecular weight excluding hydrogens is 392 g/mol. The average Bonchev–Trinajstić information content (AvgIpc) is 3.42. The van der Waals surface area contributed by atoms with Crippen LogP contribution in [0.3, 0.4) is 0 Å². The molecule has 0 radical (unpaired) electrons. The largest absolute Gasteiger partial charge is 0.504 e. The monoisotopic (exact) mass is 412 g/mol. The number of nitrogens with zero attached hydrogens (tertiary/aromatic N) is 3. The fourth-order valence-electron chi connectivity index (χ4n) is 2.88. The van der Waals surface area contributed by atoms with Crippen molar-refractivity contribution in [3.05, 3.63) is 42.3 Å². The first-order valence-electron chi connectivity index (χ1n) is 9.18.